The molecule has 6 heteroatoms. The van der Waals surface area contributed by atoms with E-state index in [0.717, 1.165) is 6.42 Å². The van der Waals surface area contributed by atoms with Crippen molar-refractivity contribution in [2.45, 2.75) is 51.0 Å². The van der Waals surface area contributed by atoms with Gasteiger partial charge < -0.3 is 23.8 Å². The molecule has 0 aliphatic carbocycles. The van der Waals surface area contributed by atoms with Crippen molar-refractivity contribution < 1.29 is 23.8 Å². The van der Waals surface area contributed by atoms with Gasteiger partial charge in [0.15, 0.2) is 6.10 Å². The van der Waals surface area contributed by atoms with Crippen molar-refractivity contribution in [2.75, 3.05) is 21.3 Å². The zero-order valence-corrected chi connectivity index (χ0v) is 11.7. The lowest BCUT2D eigenvalue weighted by atomic mass is 9.99. The summed E-state index contributed by atoms with van der Waals surface area (Å²) in [5, 5.41) is 3.84. The summed E-state index contributed by atoms with van der Waals surface area (Å²) in [6.45, 7) is 3.88. The highest BCUT2D eigenvalue weighted by molar-refractivity contribution is 5.55. The van der Waals surface area contributed by atoms with Gasteiger partial charge in [0, 0.05) is 27.5 Å². The Morgan fingerprint density at radius 1 is 1.06 bits per heavy atom. The summed E-state index contributed by atoms with van der Waals surface area (Å²) in [5.41, 5.74) is 0. The molecule has 0 saturated carbocycles. The summed E-state index contributed by atoms with van der Waals surface area (Å²) in [4.78, 5) is 5.31. The average molecular weight is 261 g/mol. The van der Waals surface area contributed by atoms with Crippen LogP contribution in [0.25, 0.3) is 0 Å². The highest BCUT2D eigenvalue weighted by atomic mass is 16.8. The van der Waals surface area contributed by atoms with Crippen LogP contribution in [0.5, 0.6) is 0 Å². The van der Waals surface area contributed by atoms with E-state index in [1.165, 1.54) is 0 Å². The lowest BCUT2D eigenvalue weighted by Crippen LogP contribution is -2.59. The molecule has 0 aromatic rings. The monoisotopic (exact) mass is 261 g/mol. The van der Waals surface area contributed by atoms with E-state index in [2.05, 4.69) is 5.16 Å². The van der Waals surface area contributed by atoms with Crippen molar-refractivity contribution in [2.24, 2.45) is 5.16 Å². The van der Waals surface area contributed by atoms with Crippen LogP contribution in [0.3, 0.4) is 0 Å². The van der Waals surface area contributed by atoms with Crippen LogP contribution in [0.4, 0.5) is 0 Å². The Balaban J connectivity index is 2.76. The smallest absolute Gasteiger partial charge is 0.256 e. The highest BCUT2D eigenvalue weighted by Gasteiger charge is 2.46. The summed E-state index contributed by atoms with van der Waals surface area (Å²) in [7, 11) is 4.83. The minimum Gasteiger partial charge on any atom is -0.376 e. The van der Waals surface area contributed by atoms with E-state index in [9.17, 15) is 0 Å². The van der Waals surface area contributed by atoms with Crippen LogP contribution in [-0.4, -0.2) is 58.2 Å². The molecule has 0 bridgehead atoms. The van der Waals surface area contributed by atoms with E-state index in [-0.39, 0.29) is 24.4 Å². The number of ether oxygens (including phenoxy) is 4. The van der Waals surface area contributed by atoms with Gasteiger partial charge in [-0.05, 0) is 13.3 Å². The van der Waals surface area contributed by atoms with E-state index < -0.39 is 6.29 Å². The molecular formula is C12H23NO5. The third-order valence-corrected chi connectivity index (χ3v) is 2.97. The molecular weight excluding hydrogens is 238 g/mol. The van der Waals surface area contributed by atoms with Crippen molar-refractivity contribution >= 4 is 6.21 Å². The molecule has 1 heterocycles. The molecule has 6 nitrogen and oxygen atoms in total. The third kappa shape index (κ3) is 3.41. The topological polar surface area (TPSA) is 58.5 Å². The molecule has 0 aromatic carbocycles. The average Bonchev–Trinajstić information content (AvgIpc) is 2.38. The molecule has 18 heavy (non-hydrogen) atoms. The van der Waals surface area contributed by atoms with E-state index in [1.54, 1.807) is 27.5 Å². The van der Waals surface area contributed by atoms with E-state index in [0.29, 0.717) is 0 Å². The maximum atomic E-state index is 5.71. The first kappa shape index (κ1) is 15.4. The SMILES string of the molecule is CC/C=N/O[C@@H]1O[C@@H](C)[C@H](OC)[C@@H](OC)[C@H]1OC. The van der Waals surface area contributed by atoms with Crippen molar-refractivity contribution in [3.05, 3.63) is 0 Å². The molecule has 0 aromatic heterocycles. The van der Waals surface area contributed by atoms with Crippen molar-refractivity contribution in [3.8, 4) is 0 Å². The van der Waals surface area contributed by atoms with Gasteiger partial charge in [-0.2, -0.15) is 0 Å². The van der Waals surface area contributed by atoms with Crippen molar-refractivity contribution in [1.29, 1.82) is 0 Å². The second-order valence-corrected chi connectivity index (χ2v) is 4.11. The molecule has 1 aliphatic rings. The summed E-state index contributed by atoms with van der Waals surface area (Å²) in [6, 6.07) is 0. The third-order valence-electron chi connectivity index (χ3n) is 2.97. The maximum absolute atomic E-state index is 5.71. The first-order valence-corrected chi connectivity index (χ1v) is 6.11. The van der Waals surface area contributed by atoms with Gasteiger partial charge >= 0.3 is 0 Å². The van der Waals surface area contributed by atoms with Gasteiger partial charge in [-0.25, -0.2) is 0 Å². The first-order valence-electron chi connectivity index (χ1n) is 6.11. The van der Waals surface area contributed by atoms with Crippen LogP contribution in [0.1, 0.15) is 20.3 Å². The van der Waals surface area contributed by atoms with Gasteiger partial charge in [-0.1, -0.05) is 12.1 Å². The summed E-state index contributed by atoms with van der Waals surface area (Å²) >= 11 is 0. The van der Waals surface area contributed by atoms with E-state index >= 15 is 0 Å². The minimum atomic E-state index is -0.593. The van der Waals surface area contributed by atoms with Crippen LogP contribution >= 0.6 is 0 Å². The predicted molar refractivity (Wildman–Crippen MR) is 66.6 cm³/mol. The Morgan fingerprint density at radius 2 is 1.67 bits per heavy atom. The summed E-state index contributed by atoms with van der Waals surface area (Å²) < 4.78 is 21.9. The highest BCUT2D eigenvalue weighted by Crippen LogP contribution is 2.27. The van der Waals surface area contributed by atoms with Crippen molar-refractivity contribution in [1.82, 2.24) is 0 Å². The predicted octanol–water partition coefficient (Wildman–Crippen LogP) is 1.19. The van der Waals surface area contributed by atoms with Crippen molar-refractivity contribution in [3.63, 3.8) is 0 Å². The molecule has 1 saturated heterocycles. The number of oxime groups is 1. The van der Waals surface area contributed by atoms with Gasteiger partial charge in [-0.3, -0.25) is 0 Å². The van der Waals surface area contributed by atoms with Gasteiger partial charge in [0.2, 0.25) is 0 Å². The Hall–Kier alpha value is -0.690. The van der Waals surface area contributed by atoms with Gasteiger partial charge in [-0.15, -0.1) is 0 Å². The van der Waals surface area contributed by atoms with E-state index in [1.807, 2.05) is 13.8 Å². The number of hydrogen-bond donors (Lipinski definition) is 0. The molecule has 0 amide bonds. The fourth-order valence-corrected chi connectivity index (χ4v) is 2.08. The molecule has 0 radical (unpaired) electrons. The molecule has 0 spiro atoms. The molecule has 0 N–H and O–H groups in total. The van der Waals surface area contributed by atoms with E-state index in [4.69, 9.17) is 23.8 Å². The maximum Gasteiger partial charge on any atom is 0.256 e. The van der Waals surface area contributed by atoms with Crippen LogP contribution in [0, 0.1) is 0 Å². The Morgan fingerprint density at radius 3 is 2.17 bits per heavy atom. The second-order valence-electron chi connectivity index (χ2n) is 4.11. The zero-order valence-electron chi connectivity index (χ0n) is 11.7. The normalized spacial score (nSPS) is 37.1. The lowest BCUT2D eigenvalue weighted by Gasteiger charge is -2.42. The molecule has 0 unspecified atom stereocenters. The number of nitrogens with zero attached hydrogens (tertiary/aromatic N) is 1. The minimum absolute atomic E-state index is 0.159. The van der Waals surface area contributed by atoms with Crippen LogP contribution in [0.15, 0.2) is 5.16 Å². The fourth-order valence-electron chi connectivity index (χ4n) is 2.08. The molecule has 1 aliphatic heterocycles. The molecule has 1 rings (SSSR count). The number of hydrogen-bond acceptors (Lipinski definition) is 6. The first-order chi connectivity index (χ1) is 8.69. The lowest BCUT2D eigenvalue weighted by molar-refractivity contribution is -0.305. The Bertz CT molecular complexity index is 261. The van der Waals surface area contributed by atoms with Gasteiger partial charge in [0.1, 0.15) is 12.2 Å². The molecule has 106 valence electrons. The Labute approximate surface area is 108 Å². The summed E-state index contributed by atoms with van der Waals surface area (Å²) in [5.74, 6) is 0. The zero-order chi connectivity index (χ0) is 13.5. The van der Waals surface area contributed by atoms with Crippen LogP contribution in [-0.2, 0) is 23.8 Å². The quantitative estimate of drug-likeness (QED) is 0.531. The standard InChI is InChI=1S/C12H23NO5/c1-6-7-13-18-12-11(16-5)10(15-4)9(14-3)8(2)17-12/h7-12H,6H2,1-5H3/b13-7+/t8-,9-,10+,11+,12-/m0/s1. The van der Waals surface area contributed by atoms with Crippen LogP contribution in [0.2, 0.25) is 0 Å². The number of rotatable bonds is 6. The summed E-state index contributed by atoms with van der Waals surface area (Å²) in [6.07, 6.45) is 0.877. The Kier molecular flexibility index (Phi) is 6.56. The number of methoxy groups -OCH3 is 3. The fraction of sp³-hybridized carbons (Fsp3) is 0.917. The molecule has 5 atom stereocenters. The van der Waals surface area contributed by atoms with Gasteiger partial charge in [0.05, 0.1) is 6.10 Å². The van der Waals surface area contributed by atoms with Gasteiger partial charge in [0.25, 0.3) is 6.29 Å². The largest absolute Gasteiger partial charge is 0.376 e. The molecule has 1 fully saturated rings. The second kappa shape index (κ2) is 7.68. The van der Waals surface area contributed by atoms with Crippen LogP contribution < -0.4 is 0 Å².